The monoisotopic (exact) mass is 214 g/mol. The molecule has 1 fully saturated rings. The molecule has 1 aliphatic rings. The molecule has 1 aromatic rings. The predicted octanol–water partition coefficient (Wildman–Crippen LogP) is -1.72. The van der Waals surface area contributed by atoms with Gasteiger partial charge in [-0.1, -0.05) is 6.07 Å². The van der Waals surface area contributed by atoms with Gasteiger partial charge in [0.1, 0.15) is 0 Å². The second-order valence-corrected chi connectivity index (χ2v) is 3.01. The summed E-state index contributed by atoms with van der Waals surface area (Å²) in [5.41, 5.74) is -0.572. The van der Waals surface area contributed by atoms with Crippen LogP contribution in [-0.4, -0.2) is 16.8 Å². The smallest absolute Gasteiger partial charge is 0.444 e. The Kier molecular flexibility index (Phi) is 3.68. The van der Waals surface area contributed by atoms with Crippen molar-refractivity contribution in [1.29, 1.82) is 0 Å². The molecule has 0 atom stereocenters. The average molecular weight is 214 g/mol. The van der Waals surface area contributed by atoms with Crippen molar-refractivity contribution in [3.05, 3.63) is 12.3 Å². The Bertz CT molecular complexity index is 294. The Hall–Kier alpha value is 0.701. The Morgan fingerprint density at radius 1 is 1.38 bits per heavy atom. The summed E-state index contributed by atoms with van der Waals surface area (Å²) in [5.74, 6) is 0. The normalized spacial score (nSPS) is 16.8. The molecule has 0 aliphatic heterocycles. The fourth-order valence-corrected chi connectivity index (χ4v) is 1.21. The molecule has 0 radical (unpaired) electrons. The molecular formula is C6H7BF3KN2. The van der Waals surface area contributed by atoms with Gasteiger partial charge in [0.2, 0.25) is 0 Å². The number of halogens is 3. The van der Waals surface area contributed by atoms with Crippen LogP contribution in [0.2, 0.25) is 0 Å². The average Bonchev–Trinajstić information content (AvgIpc) is 2.65. The van der Waals surface area contributed by atoms with Crippen LogP contribution in [0.4, 0.5) is 12.9 Å². The summed E-state index contributed by atoms with van der Waals surface area (Å²) in [4.78, 5) is 0. The SMILES string of the molecule is F[B-](F)(F)c1ccnn1C1CC1.[K+]. The Balaban J connectivity index is 0.000000845. The van der Waals surface area contributed by atoms with Crippen molar-refractivity contribution in [2.45, 2.75) is 18.9 Å². The second kappa shape index (κ2) is 4.06. The molecular weight excluding hydrogens is 207 g/mol. The molecule has 2 nitrogen and oxygen atoms in total. The van der Waals surface area contributed by atoms with E-state index in [4.69, 9.17) is 0 Å². The maximum atomic E-state index is 12.3. The van der Waals surface area contributed by atoms with Crippen molar-refractivity contribution < 1.29 is 64.3 Å². The summed E-state index contributed by atoms with van der Waals surface area (Å²) in [6, 6.07) is 1.04. The Morgan fingerprint density at radius 2 is 2.00 bits per heavy atom. The number of aromatic nitrogens is 2. The summed E-state index contributed by atoms with van der Waals surface area (Å²) >= 11 is 0. The van der Waals surface area contributed by atoms with Gasteiger partial charge in [-0.2, -0.15) is 5.10 Å². The van der Waals surface area contributed by atoms with Gasteiger partial charge in [-0.3, -0.25) is 4.68 Å². The van der Waals surface area contributed by atoms with E-state index in [1.807, 2.05) is 0 Å². The first kappa shape index (κ1) is 11.8. The van der Waals surface area contributed by atoms with Crippen molar-refractivity contribution in [2.75, 3.05) is 0 Å². The molecule has 0 bridgehead atoms. The maximum absolute atomic E-state index is 12.3. The summed E-state index contributed by atoms with van der Waals surface area (Å²) in [5, 5.41) is 3.66. The number of hydrogen-bond donors (Lipinski definition) is 0. The zero-order valence-corrected chi connectivity index (χ0v) is 10.4. The van der Waals surface area contributed by atoms with Gasteiger partial charge in [0.15, 0.2) is 0 Å². The molecule has 66 valence electrons. The second-order valence-electron chi connectivity index (χ2n) is 3.01. The zero-order chi connectivity index (χ0) is 8.77. The summed E-state index contributed by atoms with van der Waals surface area (Å²) in [6.45, 7) is -4.89. The van der Waals surface area contributed by atoms with Crippen LogP contribution in [0, 0.1) is 0 Å². The largest absolute Gasteiger partial charge is 1.00 e. The van der Waals surface area contributed by atoms with Crippen LogP contribution in [0.3, 0.4) is 0 Å². The number of hydrogen-bond acceptors (Lipinski definition) is 1. The fourth-order valence-electron chi connectivity index (χ4n) is 1.21. The van der Waals surface area contributed by atoms with Gasteiger partial charge in [-0.25, -0.2) is 0 Å². The van der Waals surface area contributed by atoms with Crippen molar-refractivity contribution in [3.63, 3.8) is 0 Å². The third kappa shape index (κ3) is 2.59. The molecule has 0 spiro atoms. The van der Waals surface area contributed by atoms with Crippen molar-refractivity contribution >= 4 is 12.6 Å². The Morgan fingerprint density at radius 3 is 2.46 bits per heavy atom. The van der Waals surface area contributed by atoms with Gasteiger partial charge in [0.05, 0.1) is 0 Å². The van der Waals surface area contributed by atoms with E-state index in [0.29, 0.717) is 0 Å². The van der Waals surface area contributed by atoms with Gasteiger partial charge in [0.25, 0.3) is 0 Å². The van der Waals surface area contributed by atoms with E-state index in [-0.39, 0.29) is 57.4 Å². The van der Waals surface area contributed by atoms with E-state index in [2.05, 4.69) is 5.10 Å². The third-order valence-corrected chi connectivity index (χ3v) is 1.93. The fraction of sp³-hybridized carbons (Fsp3) is 0.500. The van der Waals surface area contributed by atoms with Crippen molar-refractivity contribution in [1.82, 2.24) is 9.78 Å². The standard InChI is InChI=1S/C6H7BF3N2.K/c8-7(9,10)6-3-4-11-12(6)5-1-2-5;/h3-5H,1-2H2;/q-1;+1. The van der Waals surface area contributed by atoms with E-state index in [0.717, 1.165) is 23.6 Å². The van der Waals surface area contributed by atoms with Gasteiger partial charge >= 0.3 is 58.4 Å². The topological polar surface area (TPSA) is 17.8 Å². The number of nitrogens with zero attached hydrogens (tertiary/aromatic N) is 2. The van der Waals surface area contributed by atoms with Crippen LogP contribution >= 0.6 is 0 Å². The van der Waals surface area contributed by atoms with Crippen LogP contribution < -0.4 is 57.0 Å². The van der Waals surface area contributed by atoms with Crippen LogP contribution in [0.15, 0.2) is 12.3 Å². The minimum Gasteiger partial charge on any atom is -0.444 e. The first-order valence-electron chi connectivity index (χ1n) is 3.82. The molecule has 0 amide bonds. The van der Waals surface area contributed by atoms with Crippen LogP contribution in [0.1, 0.15) is 18.9 Å². The van der Waals surface area contributed by atoms with Crippen molar-refractivity contribution in [3.8, 4) is 0 Å². The summed E-state index contributed by atoms with van der Waals surface area (Å²) in [7, 11) is 0. The van der Waals surface area contributed by atoms with Gasteiger partial charge < -0.3 is 12.9 Å². The van der Waals surface area contributed by atoms with Crippen LogP contribution in [-0.2, 0) is 0 Å². The third-order valence-electron chi connectivity index (χ3n) is 1.93. The van der Waals surface area contributed by atoms with E-state index in [1.54, 1.807) is 0 Å². The molecule has 1 aromatic heterocycles. The first-order chi connectivity index (χ1) is 5.59. The molecule has 7 heteroatoms. The minimum atomic E-state index is -4.89. The van der Waals surface area contributed by atoms with Gasteiger partial charge in [0, 0.05) is 12.2 Å². The molecule has 2 rings (SSSR count). The van der Waals surface area contributed by atoms with Gasteiger partial charge in [-0.05, 0) is 18.4 Å². The molecule has 0 saturated heterocycles. The first-order valence-corrected chi connectivity index (χ1v) is 3.82. The summed E-state index contributed by atoms with van der Waals surface area (Å²) < 4.78 is 37.9. The molecule has 0 N–H and O–H groups in total. The van der Waals surface area contributed by atoms with Gasteiger partial charge in [-0.15, -0.1) is 0 Å². The summed E-state index contributed by atoms with van der Waals surface area (Å²) in [6.07, 6.45) is 2.85. The molecule has 13 heavy (non-hydrogen) atoms. The van der Waals surface area contributed by atoms with E-state index >= 15 is 0 Å². The molecule has 1 aliphatic carbocycles. The van der Waals surface area contributed by atoms with E-state index in [9.17, 15) is 12.9 Å². The molecule has 0 unspecified atom stereocenters. The molecule has 1 saturated carbocycles. The van der Waals surface area contributed by atoms with Crippen LogP contribution in [0.5, 0.6) is 0 Å². The van der Waals surface area contributed by atoms with E-state index < -0.39 is 12.6 Å². The molecule has 0 aromatic carbocycles. The Labute approximate surface area is 116 Å². The van der Waals surface area contributed by atoms with E-state index in [1.165, 1.54) is 6.20 Å². The predicted molar refractivity (Wildman–Crippen MR) is 39.2 cm³/mol. The molecule has 1 heterocycles. The van der Waals surface area contributed by atoms with Crippen molar-refractivity contribution in [2.24, 2.45) is 0 Å². The number of rotatable bonds is 2. The van der Waals surface area contributed by atoms with Crippen LogP contribution in [0.25, 0.3) is 0 Å². The quantitative estimate of drug-likeness (QED) is 0.535. The maximum Gasteiger partial charge on any atom is 1.00 e. The minimum absolute atomic E-state index is 0. The zero-order valence-electron chi connectivity index (χ0n) is 7.25.